The molecule has 10 heteroatoms. The van der Waals surface area contributed by atoms with Gasteiger partial charge in [-0.25, -0.2) is 9.78 Å². The Morgan fingerprint density at radius 1 is 1.12 bits per heavy atom. The summed E-state index contributed by atoms with van der Waals surface area (Å²) in [6, 6.07) is 20.3. The Morgan fingerprint density at radius 2 is 1.84 bits per heavy atom. The Morgan fingerprint density at radius 3 is 2.56 bits per heavy atom. The SMILES string of the molecule is CC1(/C=C(\C#N)C(=O)N2CCC[C@@H](n3c(=O)n(-c4ccc(Oc5ccccc5)cc4)c4c(N)nccc43)C2)CCOCC1. The van der Waals surface area contributed by atoms with Crippen molar-refractivity contribution in [3.05, 3.63) is 89.0 Å². The number of para-hydroxylation sites is 1. The lowest BCUT2D eigenvalue weighted by Gasteiger charge is -2.34. The van der Waals surface area contributed by atoms with Crippen molar-refractivity contribution in [2.24, 2.45) is 5.41 Å². The van der Waals surface area contributed by atoms with E-state index in [2.05, 4.69) is 18.0 Å². The fraction of sp³-hybridized carbons (Fsp3) is 0.333. The van der Waals surface area contributed by atoms with Crippen LogP contribution in [0.15, 0.2) is 83.3 Å². The zero-order valence-corrected chi connectivity index (χ0v) is 24.1. The maximum Gasteiger partial charge on any atom is 0.334 e. The highest BCUT2D eigenvalue weighted by atomic mass is 16.5. The van der Waals surface area contributed by atoms with Gasteiger partial charge in [-0.05, 0) is 73.6 Å². The van der Waals surface area contributed by atoms with Crippen LogP contribution in [0.5, 0.6) is 11.5 Å². The van der Waals surface area contributed by atoms with Crippen LogP contribution in [0.1, 0.15) is 38.6 Å². The van der Waals surface area contributed by atoms with Crippen LogP contribution in [0.2, 0.25) is 0 Å². The third-order valence-corrected chi connectivity index (χ3v) is 8.41. The summed E-state index contributed by atoms with van der Waals surface area (Å²) >= 11 is 0. The molecule has 220 valence electrons. The number of hydrogen-bond donors (Lipinski definition) is 1. The van der Waals surface area contributed by atoms with Crippen LogP contribution in [0.4, 0.5) is 5.82 Å². The third-order valence-electron chi connectivity index (χ3n) is 8.41. The maximum absolute atomic E-state index is 14.1. The molecule has 0 unspecified atom stereocenters. The molecule has 4 aromatic rings. The summed E-state index contributed by atoms with van der Waals surface area (Å²) < 4.78 is 14.7. The smallest absolute Gasteiger partial charge is 0.334 e. The van der Waals surface area contributed by atoms with E-state index >= 15 is 0 Å². The number of fused-ring (bicyclic) bond motifs is 1. The minimum Gasteiger partial charge on any atom is -0.457 e. The topological polar surface area (TPSA) is 128 Å². The fourth-order valence-corrected chi connectivity index (χ4v) is 6.06. The van der Waals surface area contributed by atoms with Gasteiger partial charge in [0.15, 0.2) is 0 Å². The van der Waals surface area contributed by atoms with Crippen molar-refractivity contribution >= 4 is 22.8 Å². The van der Waals surface area contributed by atoms with Crippen LogP contribution in [-0.2, 0) is 9.53 Å². The van der Waals surface area contributed by atoms with Crippen molar-refractivity contribution in [2.75, 3.05) is 32.0 Å². The van der Waals surface area contributed by atoms with Crippen molar-refractivity contribution in [3.63, 3.8) is 0 Å². The second kappa shape index (κ2) is 11.8. The first-order chi connectivity index (χ1) is 20.9. The van der Waals surface area contributed by atoms with E-state index in [4.69, 9.17) is 15.2 Å². The van der Waals surface area contributed by atoms with E-state index in [0.29, 0.717) is 67.4 Å². The number of imidazole rings is 1. The standard InChI is InChI=1S/C33H34N6O4/c1-33(14-18-42-19-15-33)20-23(21-34)31(40)37-17-5-6-25(22-37)38-28-13-16-36-30(35)29(28)39(32(38)41)24-9-11-27(12-10-24)43-26-7-3-2-4-8-26/h2-4,7-13,16,20,25H,5-6,14-15,17-19,22H2,1H3,(H2,35,36)/b23-20+/t25-/m1/s1. The Balaban J connectivity index is 1.31. The number of likely N-dealkylation sites (tertiary alicyclic amines) is 1. The molecule has 43 heavy (non-hydrogen) atoms. The molecule has 0 spiro atoms. The molecule has 6 rings (SSSR count). The molecule has 2 N–H and O–H groups in total. The van der Waals surface area contributed by atoms with Gasteiger partial charge in [0.2, 0.25) is 0 Å². The quantitative estimate of drug-likeness (QED) is 0.252. The average molecular weight is 579 g/mol. The summed E-state index contributed by atoms with van der Waals surface area (Å²) in [7, 11) is 0. The largest absolute Gasteiger partial charge is 0.457 e. The van der Waals surface area contributed by atoms with Gasteiger partial charge in [-0.3, -0.25) is 13.9 Å². The molecule has 0 bridgehead atoms. The number of rotatable bonds is 6. The van der Waals surface area contributed by atoms with Gasteiger partial charge in [-0.1, -0.05) is 31.2 Å². The van der Waals surface area contributed by atoms with Crippen molar-refractivity contribution in [3.8, 4) is 23.3 Å². The molecule has 10 nitrogen and oxygen atoms in total. The van der Waals surface area contributed by atoms with Gasteiger partial charge in [0.05, 0.1) is 17.2 Å². The number of benzene rings is 2. The molecule has 0 radical (unpaired) electrons. The first kappa shape index (κ1) is 28.2. The monoisotopic (exact) mass is 578 g/mol. The number of nitriles is 1. The second-order valence-electron chi connectivity index (χ2n) is 11.4. The molecule has 2 aliphatic heterocycles. The molecule has 4 heterocycles. The van der Waals surface area contributed by atoms with Crippen molar-refractivity contribution in [2.45, 2.75) is 38.6 Å². The number of carbonyl (C=O) groups is 1. The van der Waals surface area contributed by atoms with Gasteiger partial charge < -0.3 is 20.1 Å². The Kier molecular flexibility index (Phi) is 7.74. The molecule has 2 aromatic carbocycles. The van der Waals surface area contributed by atoms with E-state index in [0.717, 1.165) is 12.8 Å². The van der Waals surface area contributed by atoms with E-state index < -0.39 is 0 Å². The number of nitrogen functional groups attached to an aromatic ring is 1. The van der Waals surface area contributed by atoms with Crippen molar-refractivity contribution in [1.82, 2.24) is 19.0 Å². The predicted octanol–water partition coefficient (Wildman–Crippen LogP) is 4.99. The average Bonchev–Trinajstić information content (AvgIpc) is 3.33. The van der Waals surface area contributed by atoms with Crippen LogP contribution in [0, 0.1) is 16.7 Å². The van der Waals surface area contributed by atoms with E-state index in [1.54, 1.807) is 38.4 Å². The highest BCUT2D eigenvalue weighted by Crippen LogP contribution is 2.34. The van der Waals surface area contributed by atoms with Gasteiger partial charge in [0.25, 0.3) is 5.91 Å². The molecule has 2 saturated heterocycles. The van der Waals surface area contributed by atoms with Crippen LogP contribution < -0.4 is 16.2 Å². The number of hydrogen-bond acceptors (Lipinski definition) is 7. The molecule has 0 aliphatic carbocycles. The summed E-state index contributed by atoms with van der Waals surface area (Å²) in [5.74, 6) is 1.29. The summed E-state index contributed by atoms with van der Waals surface area (Å²) in [5.41, 5.74) is 7.74. The van der Waals surface area contributed by atoms with Gasteiger partial charge in [0.1, 0.15) is 34.5 Å². The number of nitrogens with two attached hydrogens (primary N) is 1. The minimum absolute atomic E-state index is 0.145. The summed E-state index contributed by atoms with van der Waals surface area (Å²) in [6.07, 6.45) is 6.33. The minimum atomic E-state index is -0.299. The number of piperidine rings is 1. The number of allylic oxidation sites excluding steroid dienone is 1. The lowest BCUT2D eigenvalue weighted by Crippen LogP contribution is -2.43. The number of aromatic nitrogens is 3. The lowest BCUT2D eigenvalue weighted by atomic mass is 9.80. The Labute approximate surface area is 249 Å². The molecule has 1 atom stereocenters. The number of amides is 1. The second-order valence-corrected chi connectivity index (χ2v) is 11.4. The first-order valence-corrected chi connectivity index (χ1v) is 14.6. The number of anilines is 1. The molecular formula is C33H34N6O4. The molecule has 1 amide bonds. The van der Waals surface area contributed by atoms with Gasteiger partial charge >= 0.3 is 5.69 Å². The number of ether oxygens (including phenoxy) is 2. The predicted molar refractivity (Wildman–Crippen MR) is 163 cm³/mol. The van der Waals surface area contributed by atoms with E-state index in [1.165, 1.54) is 0 Å². The zero-order chi connectivity index (χ0) is 30.0. The molecule has 2 fully saturated rings. The van der Waals surface area contributed by atoms with Gasteiger partial charge in [0, 0.05) is 32.5 Å². The Hall–Kier alpha value is -4.88. The molecule has 2 aliphatic rings. The van der Waals surface area contributed by atoms with Crippen LogP contribution >= 0.6 is 0 Å². The first-order valence-electron chi connectivity index (χ1n) is 14.6. The number of pyridine rings is 1. The summed E-state index contributed by atoms with van der Waals surface area (Å²) in [4.78, 5) is 33.7. The molecule has 0 saturated carbocycles. The van der Waals surface area contributed by atoms with Crippen LogP contribution in [0.25, 0.3) is 16.7 Å². The molecular weight excluding hydrogens is 544 g/mol. The lowest BCUT2D eigenvalue weighted by molar-refractivity contribution is -0.128. The van der Waals surface area contributed by atoms with Gasteiger partial charge in [-0.2, -0.15) is 5.26 Å². The third kappa shape index (κ3) is 5.64. The van der Waals surface area contributed by atoms with Crippen LogP contribution in [0.3, 0.4) is 0 Å². The zero-order valence-electron chi connectivity index (χ0n) is 24.1. The van der Waals surface area contributed by atoms with E-state index in [9.17, 15) is 14.9 Å². The maximum atomic E-state index is 14.1. The highest BCUT2D eigenvalue weighted by Gasteiger charge is 2.32. The van der Waals surface area contributed by atoms with Crippen LogP contribution in [-0.4, -0.2) is 51.2 Å². The normalized spacial score (nSPS) is 18.7. The summed E-state index contributed by atoms with van der Waals surface area (Å²) in [5, 5.41) is 9.92. The fourth-order valence-electron chi connectivity index (χ4n) is 6.06. The van der Waals surface area contributed by atoms with E-state index in [-0.39, 0.29) is 34.4 Å². The van der Waals surface area contributed by atoms with Gasteiger partial charge in [-0.15, -0.1) is 0 Å². The van der Waals surface area contributed by atoms with Crippen molar-refractivity contribution < 1.29 is 14.3 Å². The molecule has 2 aromatic heterocycles. The summed E-state index contributed by atoms with van der Waals surface area (Å²) in [6.45, 7) is 4.11. The highest BCUT2D eigenvalue weighted by molar-refractivity contribution is 5.97. The van der Waals surface area contributed by atoms with Crippen molar-refractivity contribution in [1.29, 1.82) is 5.26 Å². The number of nitrogens with zero attached hydrogens (tertiary/aromatic N) is 5. The van der Waals surface area contributed by atoms with E-state index in [1.807, 2.05) is 48.5 Å². The number of carbonyl (C=O) groups excluding carboxylic acids is 1. The Bertz CT molecular complexity index is 1760.